The molecule has 0 atom stereocenters. The van der Waals surface area contributed by atoms with Crippen LogP contribution in [0.3, 0.4) is 0 Å². The number of carbonyl (C=O) groups is 1. The first-order valence-corrected chi connectivity index (χ1v) is 13.7. The lowest BCUT2D eigenvalue weighted by Gasteiger charge is -2.35. The molecule has 0 saturated carbocycles. The molecule has 9 heteroatoms. The van der Waals surface area contributed by atoms with Crippen LogP contribution < -0.4 is 14.5 Å². The standard InChI is InChI=1S/C27H28ClN3O4S/c1-35-24-7-2-4-21(16-24)27(32)19-30-11-10-20-17-25(8-9-26(20)30)36(33,34)31-14-12-29(13-15-31)23-6-3-5-22(28)18-23/h2-9,16-18H,10-15,19H2,1H3. The minimum absolute atomic E-state index is 0.00368. The van der Waals surface area contributed by atoms with E-state index in [0.717, 1.165) is 16.9 Å². The third-order valence-electron chi connectivity index (χ3n) is 6.82. The zero-order valence-corrected chi connectivity index (χ0v) is 21.6. The van der Waals surface area contributed by atoms with Crippen LogP contribution in [-0.2, 0) is 16.4 Å². The number of hydrogen-bond donors (Lipinski definition) is 0. The second-order valence-corrected chi connectivity index (χ2v) is 11.4. The maximum absolute atomic E-state index is 13.4. The van der Waals surface area contributed by atoms with Gasteiger partial charge in [0.15, 0.2) is 5.78 Å². The van der Waals surface area contributed by atoms with Crippen LogP contribution in [0, 0.1) is 0 Å². The van der Waals surface area contributed by atoms with Crippen LogP contribution in [0.1, 0.15) is 15.9 Å². The number of Topliss-reactive ketones (excluding diaryl/α,β-unsaturated/α-hetero) is 1. The molecule has 0 aromatic heterocycles. The normalized spacial score (nSPS) is 16.2. The van der Waals surface area contributed by atoms with Crippen molar-refractivity contribution in [2.24, 2.45) is 0 Å². The first-order valence-electron chi connectivity index (χ1n) is 11.9. The van der Waals surface area contributed by atoms with Gasteiger partial charge in [-0.25, -0.2) is 8.42 Å². The van der Waals surface area contributed by atoms with Gasteiger partial charge >= 0.3 is 0 Å². The quantitative estimate of drug-likeness (QED) is 0.432. The molecule has 0 aliphatic carbocycles. The number of carbonyl (C=O) groups excluding carboxylic acids is 1. The Balaban J connectivity index is 1.26. The fraction of sp³-hybridized carbons (Fsp3) is 0.296. The highest BCUT2D eigenvalue weighted by atomic mass is 35.5. The summed E-state index contributed by atoms with van der Waals surface area (Å²) in [5.41, 5.74) is 3.46. The van der Waals surface area contributed by atoms with E-state index in [1.807, 2.05) is 35.2 Å². The number of ketones is 1. The van der Waals surface area contributed by atoms with Crippen LogP contribution in [0.15, 0.2) is 71.6 Å². The number of piperazine rings is 1. The summed E-state index contributed by atoms with van der Waals surface area (Å²) in [5.74, 6) is 0.641. The molecule has 2 aliphatic heterocycles. The van der Waals surface area contributed by atoms with Gasteiger partial charge in [-0.2, -0.15) is 4.31 Å². The number of methoxy groups -OCH3 is 1. The first kappa shape index (κ1) is 24.6. The van der Waals surface area contributed by atoms with Gasteiger partial charge in [-0.3, -0.25) is 4.79 Å². The highest BCUT2D eigenvalue weighted by Gasteiger charge is 2.30. The summed E-state index contributed by atoms with van der Waals surface area (Å²) in [6, 6.07) is 20.0. The van der Waals surface area contributed by atoms with Crippen molar-refractivity contribution in [1.29, 1.82) is 0 Å². The van der Waals surface area contributed by atoms with Gasteiger partial charge < -0.3 is 14.5 Å². The Hall–Kier alpha value is -3.07. The molecule has 7 nitrogen and oxygen atoms in total. The summed E-state index contributed by atoms with van der Waals surface area (Å²) < 4.78 is 33.6. The molecule has 188 valence electrons. The first-order chi connectivity index (χ1) is 17.3. The van der Waals surface area contributed by atoms with Gasteiger partial charge in [0, 0.05) is 54.7 Å². The molecule has 1 fully saturated rings. The topological polar surface area (TPSA) is 70.2 Å². The van der Waals surface area contributed by atoms with Crippen molar-refractivity contribution >= 4 is 38.8 Å². The van der Waals surface area contributed by atoms with Crippen molar-refractivity contribution in [3.63, 3.8) is 0 Å². The van der Waals surface area contributed by atoms with E-state index in [1.165, 1.54) is 0 Å². The van der Waals surface area contributed by atoms with Crippen LogP contribution in [0.2, 0.25) is 5.02 Å². The highest BCUT2D eigenvalue weighted by Crippen LogP contribution is 2.32. The number of rotatable bonds is 7. The van der Waals surface area contributed by atoms with Gasteiger partial charge in [0.05, 0.1) is 18.6 Å². The second kappa shape index (κ2) is 10.1. The smallest absolute Gasteiger partial charge is 0.243 e. The number of nitrogens with zero attached hydrogens (tertiary/aromatic N) is 3. The molecule has 2 aliphatic rings. The zero-order valence-electron chi connectivity index (χ0n) is 20.1. The van der Waals surface area contributed by atoms with Crippen LogP contribution in [0.25, 0.3) is 0 Å². The fourth-order valence-electron chi connectivity index (χ4n) is 4.84. The van der Waals surface area contributed by atoms with Crippen molar-refractivity contribution in [1.82, 2.24) is 4.31 Å². The lowest BCUT2D eigenvalue weighted by atomic mass is 10.1. The molecule has 0 radical (unpaired) electrons. The fourth-order valence-corrected chi connectivity index (χ4v) is 6.50. The van der Waals surface area contributed by atoms with Gasteiger partial charge in [0.1, 0.15) is 5.75 Å². The van der Waals surface area contributed by atoms with E-state index in [1.54, 1.807) is 47.8 Å². The maximum atomic E-state index is 13.4. The van der Waals surface area contributed by atoms with Crippen molar-refractivity contribution in [2.45, 2.75) is 11.3 Å². The van der Waals surface area contributed by atoms with E-state index >= 15 is 0 Å². The van der Waals surface area contributed by atoms with E-state index < -0.39 is 10.0 Å². The van der Waals surface area contributed by atoms with E-state index in [2.05, 4.69) is 4.90 Å². The predicted molar refractivity (Wildman–Crippen MR) is 142 cm³/mol. The minimum Gasteiger partial charge on any atom is -0.497 e. The average Bonchev–Trinajstić information content (AvgIpc) is 3.30. The molecule has 0 N–H and O–H groups in total. The second-order valence-electron chi connectivity index (χ2n) is 8.99. The van der Waals surface area contributed by atoms with Gasteiger partial charge in [0.2, 0.25) is 10.0 Å². The SMILES string of the molecule is COc1cccc(C(=O)CN2CCc3cc(S(=O)(=O)N4CCN(c5cccc(Cl)c5)CC4)ccc32)c1. The van der Waals surface area contributed by atoms with Gasteiger partial charge in [-0.05, 0) is 60.5 Å². The zero-order chi connectivity index (χ0) is 25.3. The summed E-state index contributed by atoms with van der Waals surface area (Å²) in [7, 11) is -2.03. The van der Waals surface area contributed by atoms with Crippen molar-refractivity contribution < 1.29 is 17.9 Å². The Bertz CT molecular complexity index is 1390. The molecule has 3 aromatic carbocycles. The van der Waals surface area contributed by atoms with Gasteiger partial charge in [-0.15, -0.1) is 0 Å². The van der Waals surface area contributed by atoms with Crippen LogP contribution in [0.5, 0.6) is 5.75 Å². The summed E-state index contributed by atoms with van der Waals surface area (Å²) in [6.07, 6.45) is 0.701. The van der Waals surface area contributed by atoms with E-state index in [9.17, 15) is 13.2 Å². The van der Waals surface area contributed by atoms with E-state index in [0.29, 0.717) is 60.4 Å². The van der Waals surface area contributed by atoms with Crippen LogP contribution >= 0.6 is 11.6 Å². The Kier molecular flexibility index (Phi) is 6.92. The minimum atomic E-state index is -3.61. The van der Waals surface area contributed by atoms with Crippen molar-refractivity contribution in [2.75, 3.05) is 56.2 Å². The van der Waals surface area contributed by atoms with Crippen LogP contribution in [0.4, 0.5) is 11.4 Å². The molecule has 0 unspecified atom stereocenters. The number of halogens is 1. The summed E-state index contributed by atoms with van der Waals surface area (Å²) >= 11 is 6.11. The molecule has 0 spiro atoms. The molecule has 0 bridgehead atoms. The molecular formula is C27H28ClN3O4S. The molecule has 5 rings (SSSR count). The number of sulfonamides is 1. The van der Waals surface area contributed by atoms with Crippen LogP contribution in [-0.4, -0.2) is 64.9 Å². The van der Waals surface area contributed by atoms with Crippen molar-refractivity contribution in [3.05, 3.63) is 82.9 Å². The highest BCUT2D eigenvalue weighted by molar-refractivity contribution is 7.89. The van der Waals surface area contributed by atoms with Crippen molar-refractivity contribution in [3.8, 4) is 5.75 Å². The number of fused-ring (bicyclic) bond motifs is 1. The number of benzene rings is 3. The van der Waals surface area contributed by atoms with Gasteiger partial charge in [-0.1, -0.05) is 29.8 Å². The summed E-state index contributed by atoms with van der Waals surface area (Å²) in [6.45, 7) is 2.93. The maximum Gasteiger partial charge on any atom is 0.243 e. The molecular weight excluding hydrogens is 498 g/mol. The Morgan fingerprint density at radius 3 is 2.47 bits per heavy atom. The molecule has 3 aromatic rings. The summed E-state index contributed by atoms with van der Waals surface area (Å²) in [4.78, 5) is 17.3. The lowest BCUT2D eigenvalue weighted by Crippen LogP contribution is -2.48. The number of ether oxygens (including phenoxy) is 1. The third kappa shape index (κ3) is 4.93. The predicted octanol–water partition coefficient (Wildman–Crippen LogP) is 4.10. The van der Waals surface area contributed by atoms with E-state index in [4.69, 9.17) is 16.3 Å². The summed E-state index contributed by atoms with van der Waals surface area (Å²) in [5, 5.41) is 0.667. The number of anilines is 2. The Morgan fingerprint density at radius 2 is 1.72 bits per heavy atom. The third-order valence-corrected chi connectivity index (χ3v) is 8.95. The largest absolute Gasteiger partial charge is 0.497 e. The van der Waals surface area contributed by atoms with E-state index in [-0.39, 0.29) is 12.3 Å². The molecule has 0 amide bonds. The molecule has 2 heterocycles. The average molecular weight is 526 g/mol. The lowest BCUT2D eigenvalue weighted by molar-refractivity contribution is 0.0999. The Morgan fingerprint density at radius 1 is 0.944 bits per heavy atom. The Labute approximate surface area is 216 Å². The number of hydrogen-bond acceptors (Lipinski definition) is 6. The molecule has 1 saturated heterocycles. The molecule has 36 heavy (non-hydrogen) atoms. The van der Waals surface area contributed by atoms with Gasteiger partial charge in [0.25, 0.3) is 0 Å². The monoisotopic (exact) mass is 525 g/mol.